The standard InChI is InChI=1S/C11H14O4/c1-11(2,8-14-13)15-10(12)9-6-4-3-5-7-9/h3-7,13H,8H2,1-2H3. The normalized spacial score (nSPS) is 11.1. The van der Waals surface area contributed by atoms with E-state index >= 15 is 0 Å². The summed E-state index contributed by atoms with van der Waals surface area (Å²) in [6.07, 6.45) is 0. The third-order valence-corrected chi connectivity index (χ3v) is 1.79. The summed E-state index contributed by atoms with van der Waals surface area (Å²) in [6, 6.07) is 8.66. The van der Waals surface area contributed by atoms with E-state index in [1.807, 2.05) is 6.07 Å². The number of benzene rings is 1. The fraction of sp³-hybridized carbons (Fsp3) is 0.364. The summed E-state index contributed by atoms with van der Waals surface area (Å²) in [6.45, 7) is 3.25. The van der Waals surface area contributed by atoms with Gasteiger partial charge in [-0.05, 0) is 26.0 Å². The molecule has 0 saturated carbocycles. The van der Waals surface area contributed by atoms with Crippen molar-refractivity contribution < 1.29 is 19.7 Å². The molecule has 0 heterocycles. The minimum atomic E-state index is -0.846. The van der Waals surface area contributed by atoms with Crippen LogP contribution in [0.2, 0.25) is 0 Å². The van der Waals surface area contributed by atoms with Crippen molar-refractivity contribution in [1.82, 2.24) is 0 Å². The van der Waals surface area contributed by atoms with Crippen molar-refractivity contribution in [1.29, 1.82) is 0 Å². The zero-order valence-electron chi connectivity index (χ0n) is 8.77. The summed E-state index contributed by atoms with van der Waals surface area (Å²) >= 11 is 0. The number of carbonyl (C=O) groups is 1. The van der Waals surface area contributed by atoms with Crippen molar-refractivity contribution in [2.24, 2.45) is 0 Å². The van der Waals surface area contributed by atoms with Crippen LogP contribution < -0.4 is 0 Å². The van der Waals surface area contributed by atoms with E-state index in [1.54, 1.807) is 38.1 Å². The van der Waals surface area contributed by atoms with Crippen molar-refractivity contribution in [2.45, 2.75) is 19.4 Å². The second-order valence-corrected chi connectivity index (χ2v) is 3.79. The van der Waals surface area contributed by atoms with Gasteiger partial charge in [-0.2, -0.15) is 0 Å². The Bertz CT molecular complexity index is 319. The molecule has 0 aliphatic heterocycles. The van der Waals surface area contributed by atoms with Crippen LogP contribution in [0.25, 0.3) is 0 Å². The number of hydrogen-bond donors (Lipinski definition) is 1. The van der Waals surface area contributed by atoms with E-state index in [9.17, 15) is 4.79 Å². The minimum absolute atomic E-state index is 0.0639. The fourth-order valence-electron chi connectivity index (χ4n) is 1.07. The summed E-state index contributed by atoms with van der Waals surface area (Å²) in [7, 11) is 0. The second-order valence-electron chi connectivity index (χ2n) is 3.79. The van der Waals surface area contributed by atoms with Gasteiger partial charge in [0, 0.05) is 0 Å². The lowest BCUT2D eigenvalue weighted by atomic mass is 10.1. The quantitative estimate of drug-likeness (QED) is 0.470. The van der Waals surface area contributed by atoms with E-state index in [0.29, 0.717) is 5.56 Å². The Kier molecular flexibility index (Phi) is 3.82. The average molecular weight is 210 g/mol. The van der Waals surface area contributed by atoms with E-state index in [0.717, 1.165) is 0 Å². The molecule has 4 nitrogen and oxygen atoms in total. The van der Waals surface area contributed by atoms with E-state index in [4.69, 9.17) is 9.99 Å². The summed E-state index contributed by atoms with van der Waals surface area (Å²) < 4.78 is 5.14. The average Bonchev–Trinajstić information content (AvgIpc) is 2.18. The first kappa shape index (κ1) is 11.7. The topological polar surface area (TPSA) is 55.8 Å². The molecule has 82 valence electrons. The molecular weight excluding hydrogens is 196 g/mol. The maximum Gasteiger partial charge on any atom is 0.338 e. The molecule has 1 rings (SSSR count). The van der Waals surface area contributed by atoms with Crippen molar-refractivity contribution in [3.8, 4) is 0 Å². The lowest BCUT2D eigenvalue weighted by Gasteiger charge is -2.23. The maximum atomic E-state index is 11.6. The van der Waals surface area contributed by atoms with Crippen LogP contribution in [0.4, 0.5) is 0 Å². The zero-order valence-corrected chi connectivity index (χ0v) is 8.77. The molecule has 1 aromatic rings. The molecule has 0 saturated heterocycles. The third-order valence-electron chi connectivity index (χ3n) is 1.79. The van der Waals surface area contributed by atoms with Crippen molar-refractivity contribution >= 4 is 5.97 Å². The van der Waals surface area contributed by atoms with E-state index < -0.39 is 11.6 Å². The van der Waals surface area contributed by atoms with Gasteiger partial charge < -0.3 is 4.74 Å². The van der Waals surface area contributed by atoms with Crippen LogP contribution in [-0.4, -0.2) is 23.4 Å². The van der Waals surface area contributed by atoms with E-state index in [-0.39, 0.29) is 6.61 Å². The smallest absolute Gasteiger partial charge is 0.338 e. The van der Waals surface area contributed by atoms with Gasteiger partial charge in [0.1, 0.15) is 12.2 Å². The van der Waals surface area contributed by atoms with Gasteiger partial charge >= 0.3 is 5.97 Å². The van der Waals surface area contributed by atoms with Crippen molar-refractivity contribution in [2.75, 3.05) is 6.61 Å². The number of esters is 1. The monoisotopic (exact) mass is 210 g/mol. The largest absolute Gasteiger partial charge is 0.453 e. The molecule has 4 heteroatoms. The molecule has 0 aromatic heterocycles. The van der Waals surface area contributed by atoms with Gasteiger partial charge in [0.2, 0.25) is 0 Å². The molecule has 0 fully saturated rings. The fourth-order valence-corrected chi connectivity index (χ4v) is 1.07. The first-order valence-electron chi connectivity index (χ1n) is 4.60. The lowest BCUT2D eigenvalue weighted by molar-refractivity contribution is -0.267. The lowest BCUT2D eigenvalue weighted by Crippen LogP contribution is -2.33. The van der Waals surface area contributed by atoms with Crippen LogP contribution in [0, 0.1) is 0 Å². The van der Waals surface area contributed by atoms with Crippen molar-refractivity contribution in [3.63, 3.8) is 0 Å². The first-order valence-corrected chi connectivity index (χ1v) is 4.60. The highest BCUT2D eigenvalue weighted by Crippen LogP contribution is 2.13. The highest BCUT2D eigenvalue weighted by atomic mass is 17.1. The number of ether oxygens (including phenoxy) is 1. The number of carbonyl (C=O) groups excluding carboxylic acids is 1. The zero-order chi connectivity index (χ0) is 11.3. The molecule has 1 aromatic carbocycles. The Morgan fingerprint density at radius 3 is 2.47 bits per heavy atom. The molecule has 15 heavy (non-hydrogen) atoms. The van der Waals surface area contributed by atoms with Crippen LogP contribution in [0.3, 0.4) is 0 Å². The summed E-state index contributed by atoms with van der Waals surface area (Å²) in [4.78, 5) is 15.5. The molecule has 0 spiro atoms. The predicted octanol–water partition coefficient (Wildman–Crippen LogP) is 2.11. The number of hydrogen-bond acceptors (Lipinski definition) is 4. The van der Waals surface area contributed by atoms with Crippen LogP contribution in [0.5, 0.6) is 0 Å². The summed E-state index contributed by atoms with van der Waals surface area (Å²) in [5.41, 5.74) is -0.370. The Balaban J connectivity index is 2.64. The van der Waals surface area contributed by atoms with Crippen LogP contribution in [-0.2, 0) is 9.62 Å². The molecule has 0 bridgehead atoms. The Hall–Kier alpha value is -1.39. The van der Waals surface area contributed by atoms with Gasteiger partial charge in [0.05, 0.1) is 5.56 Å². The Morgan fingerprint density at radius 1 is 1.33 bits per heavy atom. The van der Waals surface area contributed by atoms with E-state index in [1.165, 1.54) is 0 Å². The van der Waals surface area contributed by atoms with Gasteiger partial charge in [-0.1, -0.05) is 18.2 Å². The molecule has 0 aliphatic rings. The van der Waals surface area contributed by atoms with Crippen LogP contribution in [0.15, 0.2) is 30.3 Å². The molecule has 0 unspecified atom stereocenters. The highest BCUT2D eigenvalue weighted by molar-refractivity contribution is 5.89. The second kappa shape index (κ2) is 4.91. The summed E-state index contributed by atoms with van der Waals surface area (Å²) in [5, 5.41) is 8.29. The molecule has 0 amide bonds. The van der Waals surface area contributed by atoms with Crippen LogP contribution >= 0.6 is 0 Å². The van der Waals surface area contributed by atoms with Gasteiger partial charge in [0.25, 0.3) is 0 Å². The van der Waals surface area contributed by atoms with E-state index in [2.05, 4.69) is 4.89 Å². The SMILES string of the molecule is CC(C)(COO)OC(=O)c1ccccc1. The minimum Gasteiger partial charge on any atom is -0.453 e. The first-order chi connectivity index (χ1) is 7.05. The van der Waals surface area contributed by atoms with Gasteiger partial charge in [-0.25, -0.2) is 9.68 Å². The maximum absolute atomic E-state index is 11.6. The molecule has 0 atom stereocenters. The molecular formula is C11H14O4. The number of rotatable bonds is 4. The Labute approximate surface area is 88.4 Å². The highest BCUT2D eigenvalue weighted by Gasteiger charge is 2.24. The van der Waals surface area contributed by atoms with Gasteiger partial charge in [0.15, 0.2) is 0 Å². The molecule has 0 radical (unpaired) electrons. The van der Waals surface area contributed by atoms with Gasteiger partial charge in [-0.15, -0.1) is 0 Å². The van der Waals surface area contributed by atoms with Gasteiger partial charge in [-0.3, -0.25) is 5.26 Å². The third kappa shape index (κ3) is 3.69. The molecule has 0 aliphatic carbocycles. The summed E-state index contributed by atoms with van der Waals surface area (Å²) in [5.74, 6) is -0.433. The van der Waals surface area contributed by atoms with Crippen molar-refractivity contribution in [3.05, 3.63) is 35.9 Å². The Morgan fingerprint density at radius 2 is 1.93 bits per heavy atom. The van der Waals surface area contributed by atoms with Crippen LogP contribution in [0.1, 0.15) is 24.2 Å². The predicted molar refractivity (Wildman–Crippen MR) is 54.5 cm³/mol. The molecule has 1 N–H and O–H groups in total.